The molecule has 0 amide bonds. The zero-order chi connectivity index (χ0) is 51.5. The molecule has 3 aliphatic rings. The molecule has 0 heterocycles. The van der Waals surface area contributed by atoms with Crippen molar-refractivity contribution < 1.29 is 0 Å². The van der Waals surface area contributed by atoms with E-state index in [4.69, 9.17) is 33.4 Å². The van der Waals surface area contributed by atoms with Gasteiger partial charge in [0, 0.05) is 16.7 Å². The molecule has 0 spiro atoms. The molecular formula is C62H94Cl3N9. The largest absolute Gasteiger partial charge is 0.384 e. The second-order valence-corrected chi connectivity index (χ2v) is 21.7. The number of hydrogen-bond donors (Lipinski definition) is 6. The summed E-state index contributed by atoms with van der Waals surface area (Å²) in [7, 11) is 0. The van der Waals surface area contributed by atoms with Crippen molar-refractivity contribution in [3.05, 3.63) is 106 Å². The lowest BCUT2D eigenvalue weighted by atomic mass is 9.67. The summed E-state index contributed by atoms with van der Waals surface area (Å²) in [5.41, 5.74) is 22.6. The lowest BCUT2D eigenvalue weighted by Crippen LogP contribution is -2.25. The third-order valence-electron chi connectivity index (χ3n) is 16.6. The zero-order valence-electron chi connectivity index (χ0n) is 45.5. The Kier molecular flexibility index (Phi) is 32.5. The van der Waals surface area contributed by atoms with Gasteiger partial charge in [-0.15, -0.1) is 37.2 Å². The van der Waals surface area contributed by atoms with Gasteiger partial charge in [-0.2, -0.15) is 15.8 Å². The minimum atomic E-state index is -0.0841. The molecule has 0 aliphatic heterocycles. The van der Waals surface area contributed by atoms with Crippen LogP contribution in [-0.4, -0.2) is 17.5 Å². The summed E-state index contributed by atoms with van der Waals surface area (Å²) in [6.45, 7) is 6.66. The summed E-state index contributed by atoms with van der Waals surface area (Å²) in [5, 5.41) is 51.4. The summed E-state index contributed by atoms with van der Waals surface area (Å²) < 4.78 is 0. The number of nitrogens with one attached hydrogen (secondary N) is 3. The van der Waals surface area contributed by atoms with Crippen LogP contribution in [0.3, 0.4) is 0 Å². The molecule has 9 N–H and O–H groups in total. The van der Waals surface area contributed by atoms with Crippen molar-refractivity contribution in [2.24, 2.45) is 33.4 Å². The first kappa shape index (κ1) is 67.4. The average Bonchev–Trinajstić information content (AvgIpc) is 3.40. The molecule has 9 nitrogen and oxygen atoms in total. The number of nitrogen functional groups attached to an aromatic ring is 3. The summed E-state index contributed by atoms with van der Waals surface area (Å²) in [4.78, 5) is 0. The zero-order valence-corrected chi connectivity index (χ0v) is 47.9. The quantitative estimate of drug-likeness (QED) is 0.0308. The molecular weight excluding hydrogens is 977 g/mol. The topological polar surface area (TPSA) is 221 Å². The molecule has 0 atom stereocenters. The number of unbranched alkanes of at least 4 members (excludes halogenated alkanes) is 11. The highest BCUT2D eigenvalue weighted by atomic mass is 35.5. The van der Waals surface area contributed by atoms with E-state index in [0.29, 0.717) is 17.8 Å². The highest BCUT2D eigenvalue weighted by Gasteiger charge is 2.37. The predicted molar refractivity (Wildman–Crippen MR) is 317 cm³/mol. The lowest BCUT2D eigenvalue weighted by molar-refractivity contribution is 0.222. The van der Waals surface area contributed by atoms with E-state index in [1.54, 1.807) is 0 Å². The second-order valence-electron chi connectivity index (χ2n) is 21.7. The minimum Gasteiger partial charge on any atom is -0.384 e. The fourth-order valence-corrected chi connectivity index (χ4v) is 11.7. The average molecular weight is 1070 g/mol. The second kappa shape index (κ2) is 35.6. The number of nitrogens with two attached hydrogens (primary N) is 3. The Morgan fingerprint density at radius 2 is 0.622 bits per heavy atom. The first-order valence-corrected chi connectivity index (χ1v) is 27.9. The molecule has 0 aromatic heterocycles. The Labute approximate surface area is 466 Å². The van der Waals surface area contributed by atoms with Gasteiger partial charge in [-0.25, -0.2) is 0 Å². The van der Waals surface area contributed by atoms with Crippen molar-refractivity contribution in [2.75, 3.05) is 0 Å². The van der Waals surface area contributed by atoms with Crippen LogP contribution in [0.15, 0.2) is 72.8 Å². The Hall–Kier alpha value is -4.59. The molecule has 408 valence electrons. The van der Waals surface area contributed by atoms with Gasteiger partial charge >= 0.3 is 0 Å². The molecule has 0 bridgehead atoms. The highest BCUT2D eigenvalue weighted by Crippen LogP contribution is 2.48. The van der Waals surface area contributed by atoms with Crippen molar-refractivity contribution in [2.45, 2.75) is 225 Å². The van der Waals surface area contributed by atoms with Gasteiger partial charge in [0.15, 0.2) is 0 Å². The van der Waals surface area contributed by atoms with E-state index in [9.17, 15) is 15.8 Å². The van der Waals surface area contributed by atoms with E-state index >= 15 is 0 Å². The molecule has 74 heavy (non-hydrogen) atoms. The Morgan fingerprint density at radius 1 is 0.392 bits per heavy atom. The van der Waals surface area contributed by atoms with Gasteiger partial charge < -0.3 is 17.2 Å². The van der Waals surface area contributed by atoms with Crippen LogP contribution < -0.4 is 17.2 Å². The smallest absolute Gasteiger partial charge is 0.122 e. The van der Waals surface area contributed by atoms with Crippen molar-refractivity contribution in [1.82, 2.24) is 0 Å². The van der Waals surface area contributed by atoms with Crippen molar-refractivity contribution in [1.29, 1.82) is 32.0 Å². The van der Waals surface area contributed by atoms with Crippen molar-refractivity contribution >= 4 is 54.7 Å². The van der Waals surface area contributed by atoms with Crippen molar-refractivity contribution in [3.8, 4) is 18.2 Å². The van der Waals surface area contributed by atoms with Crippen LogP contribution in [-0.2, 0) is 0 Å². The summed E-state index contributed by atoms with van der Waals surface area (Å²) in [6, 6.07) is 32.2. The molecule has 0 saturated heterocycles. The molecule has 3 aromatic carbocycles. The predicted octanol–water partition coefficient (Wildman–Crippen LogP) is 17.4. The van der Waals surface area contributed by atoms with E-state index < -0.39 is 0 Å². The molecule has 6 rings (SSSR count). The fourth-order valence-electron chi connectivity index (χ4n) is 11.7. The van der Waals surface area contributed by atoms with E-state index in [1.807, 2.05) is 36.4 Å². The Balaban J connectivity index is 0.000000548. The Bertz CT molecular complexity index is 2180. The van der Waals surface area contributed by atoms with Crippen LogP contribution in [0.4, 0.5) is 0 Å². The van der Waals surface area contributed by atoms with Crippen LogP contribution >= 0.6 is 37.2 Å². The van der Waals surface area contributed by atoms with Crippen LogP contribution in [0.2, 0.25) is 0 Å². The highest BCUT2D eigenvalue weighted by molar-refractivity contribution is 5.95. The summed E-state index contributed by atoms with van der Waals surface area (Å²) in [5.74, 6) is 2.01. The van der Waals surface area contributed by atoms with Gasteiger partial charge in [-0.1, -0.05) is 183 Å². The summed E-state index contributed by atoms with van der Waals surface area (Å²) in [6.07, 6.45) is 33.9. The Morgan fingerprint density at radius 3 is 0.838 bits per heavy atom. The van der Waals surface area contributed by atoms with Crippen LogP contribution in [0, 0.1) is 66.5 Å². The SMILES string of the molecule is CCCC1(C#N)CCC(c2ccc(C(=N)N)cc2)CC1.CCCCCCCCC1(C#N)CCC(c2ccc(C(=N)N)cc2)CC1.CCCCCCCCCC1(C#N)CCC(c2ccc(C(=N)N)cc2)CC1.Cl.Cl.Cl. The number of hydrogen-bond acceptors (Lipinski definition) is 6. The number of benzene rings is 3. The number of rotatable bonds is 23. The maximum atomic E-state index is 9.78. The van der Waals surface area contributed by atoms with Gasteiger partial charge in [-0.05, 0) is 131 Å². The third kappa shape index (κ3) is 21.6. The first-order valence-electron chi connectivity index (χ1n) is 27.9. The van der Waals surface area contributed by atoms with Gasteiger partial charge in [0.2, 0.25) is 0 Å². The maximum Gasteiger partial charge on any atom is 0.122 e. The molecule has 3 aromatic rings. The molecule has 0 radical (unpaired) electrons. The molecule has 12 heteroatoms. The van der Waals surface area contributed by atoms with Crippen molar-refractivity contribution in [3.63, 3.8) is 0 Å². The van der Waals surface area contributed by atoms with Crippen LogP contribution in [0.25, 0.3) is 0 Å². The van der Waals surface area contributed by atoms with E-state index in [2.05, 4.69) is 75.4 Å². The van der Waals surface area contributed by atoms with Crippen LogP contribution in [0.1, 0.15) is 258 Å². The maximum absolute atomic E-state index is 9.78. The van der Waals surface area contributed by atoms with E-state index in [-0.39, 0.29) is 71.0 Å². The molecule has 3 saturated carbocycles. The minimum absolute atomic E-state index is 0. The third-order valence-corrected chi connectivity index (χ3v) is 16.6. The first-order chi connectivity index (χ1) is 34.3. The standard InChI is InChI=1S/C23H35N3.C22H33N3.C17H23N3.3ClH/c1-2-3-4-5-6-7-8-15-23(18-24)16-13-20(14-17-23)19-9-11-21(12-10-19)22(25)26;1-2-3-4-5-6-7-14-22(17-23)15-12-19(13-16-22)18-8-10-20(11-9-18)21(24)25;1-2-9-17(12-18)10-7-14(8-11-17)13-3-5-15(6-4-13)16(19)20;;;/h9-12,20H,2-8,13-17H2,1H3,(H3,25,26);8-11,19H,2-7,12-16H2,1H3,(H3,24,25);3-6,14H,2,7-11H2,1H3,(H3,19,20);3*1H. The van der Waals surface area contributed by atoms with E-state index in [1.165, 1.54) is 100 Å². The van der Waals surface area contributed by atoms with E-state index in [0.717, 1.165) is 119 Å². The number of nitrogens with zero attached hydrogens (tertiary/aromatic N) is 3. The van der Waals surface area contributed by atoms with Crippen LogP contribution in [0.5, 0.6) is 0 Å². The van der Waals surface area contributed by atoms with Gasteiger partial charge in [0.05, 0.1) is 34.5 Å². The number of amidine groups is 3. The summed E-state index contributed by atoms with van der Waals surface area (Å²) >= 11 is 0. The molecule has 3 aliphatic carbocycles. The number of nitriles is 3. The van der Waals surface area contributed by atoms with Gasteiger partial charge in [0.1, 0.15) is 17.5 Å². The van der Waals surface area contributed by atoms with Gasteiger partial charge in [-0.3, -0.25) is 16.2 Å². The monoisotopic (exact) mass is 1070 g/mol. The molecule has 0 unspecified atom stereocenters. The molecule has 3 fully saturated rings. The lowest BCUT2D eigenvalue weighted by Gasteiger charge is -2.35. The van der Waals surface area contributed by atoms with Gasteiger partial charge in [0.25, 0.3) is 0 Å². The number of halogens is 3. The fraction of sp³-hybridized carbons (Fsp3) is 0.613. The normalized spacial score (nSPS) is 22.8.